The van der Waals surface area contributed by atoms with Crippen LogP contribution in [0.2, 0.25) is 0 Å². The maximum atomic E-state index is 13.6. The van der Waals surface area contributed by atoms with E-state index in [-0.39, 0.29) is 11.8 Å². The Bertz CT molecular complexity index is 806. The van der Waals surface area contributed by atoms with E-state index in [9.17, 15) is 4.79 Å². The molecule has 1 amide bonds. The molecule has 0 atom stereocenters. The van der Waals surface area contributed by atoms with Gasteiger partial charge in [0.2, 0.25) is 5.91 Å². The highest BCUT2D eigenvalue weighted by Gasteiger charge is 2.37. The fourth-order valence-corrected chi connectivity index (χ4v) is 3.37. The Morgan fingerprint density at radius 3 is 1.96 bits per heavy atom. The van der Waals surface area contributed by atoms with Gasteiger partial charge in [0.15, 0.2) is 0 Å². The molecule has 0 unspecified atom stereocenters. The van der Waals surface area contributed by atoms with Gasteiger partial charge in [-0.25, -0.2) is 0 Å². The van der Waals surface area contributed by atoms with Crippen LogP contribution in [0, 0.1) is 0 Å². The molecule has 1 saturated carbocycles. The molecule has 3 nitrogen and oxygen atoms in total. The minimum absolute atomic E-state index is 0.163. The fourth-order valence-electron chi connectivity index (χ4n) is 3.37. The minimum atomic E-state index is -0.276. The molecule has 130 valence electrons. The molecule has 1 heterocycles. The number of rotatable bonds is 6. The van der Waals surface area contributed by atoms with Crippen molar-refractivity contribution in [3.05, 3.63) is 102 Å². The molecule has 0 aliphatic heterocycles. The first kappa shape index (κ1) is 16.5. The summed E-state index contributed by atoms with van der Waals surface area (Å²) in [6, 6.07) is 26.3. The normalized spacial score (nSPS) is 13.6. The lowest BCUT2D eigenvalue weighted by Gasteiger charge is -2.28. The molecular weight excluding hydrogens is 320 g/mol. The summed E-state index contributed by atoms with van der Waals surface area (Å²) in [5.74, 6) is -0.114. The Morgan fingerprint density at radius 1 is 0.885 bits per heavy atom. The summed E-state index contributed by atoms with van der Waals surface area (Å²) in [5.41, 5.74) is 3.01. The molecule has 3 aromatic rings. The van der Waals surface area contributed by atoms with E-state index in [1.165, 1.54) is 0 Å². The van der Waals surface area contributed by atoms with Gasteiger partial charge in [0.05, 0.1) is 18.2 Å². The molecule has 2 aromatic carbocycles. The first-order valence-corrected chi connectivity index (χ1v) is 9.13. The Hall–Kier alpha value is -2.94. The van der Waals surface area contributed by atoms with Crippen LogP contribution in [0.3, 0.4) is 0 Å². The summed E-state index contributed by atoms with van der Waals surface area (Å²) >= 11 is 0. The minimum Gasteiger partial charge on any atom is -0.333 e. The molecule has 0 radical (unpaired) electrons. The molecule has 26 heavy (non-hydrogen) atoms. The lowest BCUT2D eigenvalue weighted by molar-refractivity contribution is -0.133. The monoisotopic (exact) mass is 342 g/mol. The molecule has 3 heteroatoms. The van der Waals surface area contributed by atoms with Crippen molar-refractivity contribution < 1.29 is 4.79 Å². The third-order valence-corrected chi connectivity index (χ3v) is 4.84. The van der Waals surface area contributed by atoms with Gasteiger partial charge in [0.25, 0.3) is 0 Å². The second-order valence-corrected chi connectivity index (χ2v) is 6.77. The SMILES string of the molecule is O=C(C(c1ccccc1)c1ccccc1)N(Cc1ccccn1)C1CC1. The molecule has 0 bridgehead atoms. The topological polar surface area (TPSA) is 33.2 Å². The zero-order valence-corrected chi connectivity index (χ0v) is 14.7. The zero-order valence-electron chi connectivity index (χ0n) is 14.7. The highest BCUT2D eigenvalue weighted by Crippen LogP contribution is 2.34. The number of nitrogens with zero attached hydrogens (tertiary/aromatic N) is 2. The van der Waals surface area contributed by atoms with Crippen molar-refractivity contribution in [3.63, 3.8) is 0 Å². The van der Waals surface area contributed by atoms with Crippen molar-refractivity contribution >= 4 is 5.91 Å². The van der Waals surface area contributed by atoms with Crippen LogP contribution in [0.4, 0.5) is 0 Å². The Morgan fingerprint density at radius 2 is 1.46 bits per heavy atom. The largest absolute Gasteiger partial charge is 0.333 e. The average Bonchev–Trinajstić information content (AvgIpc) is 3.54. The van der Waals surface area contributed by atoms with Crippen LogP contribution in [0.1, 0.15) is 35.6 Å². The lowest BCUT2D eigenvalue weighted by Crippen LogP contribution is -2.37. The van der Waals surface area contributed by atoms with E-state index in [2.05, 4.69) is 4.98 Å². The van der Waals surface area contributed by atoms with E-state index in [0.29, 0.717) is 12.6 Å². The summed E-state index contributed by atoms with van der Waals surface area (Å²) in [5, 5.41) is 0. The van der Waals surface area contributed by atoms with Gasteiger partial charge in [-0.05, 0) is 36.1 Å². The maximum absolute atomic E-state index is 13.6. The number of hydrogen-bond acceptors (Lipinski definition) is 2. The van der Waals surface area contributed by atoms with E-state index in [0.717, 1.165) is 29.7 Å². The number of carbonyl (C=O) groups excluding carboxylic acids is 1. The quantitative estimate of drug-likeness (QED) is 0.665. The highest BCUT2D eigenvalue weighted by molar-refractivity contribution is 5.87. The first-order valence-electron chi connectivity index (χ1n) is 9.13. The Kier molecular flexibility index (Phi) is 4.78. The van der Waals surface area contributed by atoms with E-state index in [1.54, 1.807) is 6.20 Å². The lowest BCUT2D eigenvalue weighted by atomic mass is 9.90. The van der Waals surface area contributed by atoms with Gasteiger partial charge >= 0.3 is 0 Å². The van der Waals surface area contributed by atoms with Crippen molar-refractivity contribution in [1.82, 2.24) is 9.88 Å². The first-order chi connectivity index (χ1) is 12.8. The van der Waals surface area contributed by atoms with Gasteiger partial charge in [0.1, 0.15) is 0 Å². The predicted octanol–water partition coefficient (Wildman–Crippen LogP) is 4.40. The molecule has 0 N–H and O–H groups in total. The molecule has 0 spiro atoms. The van der Waals surface area contributed by atoms with Gasteiger partial charge in [-0.2, -0.15) is 0 Å². The molecule has 1 aromatic heterocycles. The standard InChI is InChI=1S/C23H22N2O/c26-23(25(21-14-15-21)17-20-13-7-8-16-24-20)22(18-9-3-1-4-10-18)19-11-5-2-6-12-19/h1-13,16,21-22H,14-15,17H2. The van der Waals surface area contributed by atoms with E-state index in [1.807, 2.05) is 83.8 Å². The Labute approximate surface area is 154 Å². The van der Waals surface area contributed by atoms with E-state index >= 15 is 0 Å². The third kappa shape index (κ3) is 3.67. The summed E-state index contributed by atoms with van der Waals surface area (Å²) < 4.78 is 0. The number of hydrogen-bond donors (Lipinski definition) is 0. The summed E-state index contributed by atoms with van der Waals surface area (Å²) in [6.07, 6.45) is 3.94. The van der Waals surface area contributed by atoms with Crippen LogP contribution in [0.25, 0.3) is 0 Å². The Balaban J connectivity index is 1.68. The van der Waals surface area contributed by atoms with Crippen LogP contribution < -0.4 is 0 Å². The molecule has 4 rings (SSSR count). The third-order valence-electron chi connectivity index (χ3n) is 4.84. The number of carbonyl (C=O) groups is 1. The molecule has 1 fully saturated rings. The van der Waals surface area contributed by atoms with Crippen molar-refractivity contribution in [2.75, 3.05) is 0 Å². The summed E-state index contributed by atoms with van der Waals surface area (Å²) in [6.45, 7) is 0.570. The van der Waals surface area contributed by atoms with Gasteiger partial charge in [0, 0.05) is 12.2 Å². The number of pyridine rings is 1. The number of aromatic nitrogens is 1. The zero-order chi connectivity index (χ0) is 17.8. The van der Waals surface area contributed by atoms with Crippen molar-refractivity contribution in [1.29, 1.82) is 0 Å². The van der Waals surface area contributed by atoms with Gasteiger partial charge in [-0.15, -0.1) is 0 Å². The fraction of sp³-hybridized carbons (Fsp3) is 0.217. The number of benzene rings is 2. The van der Waals surface area contributed by atoms with E-state index < -0.39 is 0 Å². The molecule has 1 aliphatic carbocycles. The average molecular weight is 342 g/mol. The smallest absolute Gasteiger partial charge is 0.235 e. The second-order valence-electron chi connectivity index (χ2n) is 6.77. The van der Waals surface area contributed by atoms with Gasteiger partial charge in [-0.1, -0.05) is 66.7 Å². The summed E-state index contributed by atoms with van der Waals surface area (Å²) in [4.78, 5) is 20.1. The van der Waals surface area contributed by atoms with Crippen molar-refractivity contribution in [2.45, 2.75) is 31.3 Å². The van der Waals surface area contributed by atoms with Crippen LogP contribution in [-0.2, 0) is 11.3 Å². The van der Waals surface area contributed by atoms with Crippen LogP contribution in [-0.4, -0.2) is 21.8 Å². The van der Waals surface area contributed by atoms with Crippen molar-refractivity contribution in [3.8, 4) is 0 Å². The van der Waals surface area contributed by atoms with Crippen LogP contribution >= 0.6 is 0 Å². The predicted molar refractivity (Wildman–Crippen MR) is 103 cm³/mol. The van der Waals surface area contributed by atoms with Crippen LogP contribution in [0.15, 0.2) is 85.1 Å². The van der Waals surface area contributed by atoms with Gasteiger partial charge < -0.3 is 4.90 Å². The highest BCUT2D eigenvalue weighted by atomic mass is 16.2. The maximum Gasteiger partial charge on any atom is 0.235 e. The van der Waals surface area contributed by atoms with Gasteiger partial charge in [-0.3, -0.25) is 9.78 Å². The second kappa shape index (κ2) is 7.52. The molecule has 1 aliphatic rings. The van der Waals surface area contributed by atoms with E-state index in [4.69, 9.17) is 0 Å². The van der Waals surface area contributed by atoms with Crippen molar-refractivity contribution in [2.24, 2.45) is 0 Å². The summed E-state index contributed by atoms with van der Waals surface area (Å²) in [7, 11) is 0. The molecule has 0 saturated heterocycles. The molecular formula is C23H22N2O. The van der Waals surface area contributed by atoms with Crippen LogP contribution in [0.5, 0.6) is 0 Å². The number of amides is 1.